The third kappa shape index (κ3) is 2.60. The standard InChI is InChI=1S/C14H19NO2/c1-3-17-13-8-6-12(7-9-13)14-5-4-10-15(14)11(2)16/h6-9,14H,3-5,10H2,1-2H3/t14-/m1/s1. The van der Waals surface area contributed by atoms with Crippen LogP contribution in [-0.2, 0) is 4.79 Å². The highest BCUT2D eigenvalue weighted by atomic mass is 16.5. The molecule has 1 aliphatic rings. The van der Waals surface area contributed by atoms with E-state index < -0.39 is 0 Å². The summed E-state index contributed by atoms with van der Waals surface area (Å²) in [6, 6.07) is 8.35. The Morgan fingerprint density at radius 3 is 2.71 bits per heavy atom. The second kappa shape index (κ2) is 5.21. The first-order valence-electron chi connectivity index (χ1n) is 6.22. The van der Waals surface area contributed by atoms with Crippen molar-refractivity contribution in [1.29, 1.82) is 0 Å². The van der Waals surface area contributed by atoms with Crippen LogP contribution in [-0.4, -0.2) is 24.0 Å². The molecule has 1 amide bonds. The molecule has 1 fully saturated rings. The quantitative estimate of drug-likeness (QED) is 0.803. The van der Waals surface area contributed by atoms with Crippen LogP contribution in [0.15, 0.2) is 24.3 Å². The fourth-order valence-electron chi connectivity index (χ4n) is 2.44. The summed E-state index contributed by atoms with van der Waals surface area (Å²) < 4.78 is 5.42. The lowest BCUT2D eigenvalue weighted by molar-refractivity contribution is -0.129. The molecule has 0 unspecified atom stereocenters. The summed E-state index contributed by atoms with van der Waals surface area (Å²) in [5.41, 5.74) is 1.21. The van der Waals surface area contributed by atoms with Crippen molar-refractivity contribution in [1.82, 2.24) is 4.90 Å². The van der Waals surface area contributed by atoms with Crippen LogP contribution >= 0.6 is 0 Å². The highest BCUT2D eigenvalue weighted by Gasteiger charge is 2.27. The van der Waals surface area contributed by atoms with Crippen LogP contribution in [0.25, 0.3) is 0 Å². The van der Waals surface area contributed by atoms with Gasteiger partial charge in [0.25, 0.3) is 0 Å². The van der Waals surface area contributed by atoms with Gasteiger partial charge in [-0.1, -0.05) is 12.1 Å². The van der Waals surface area contributed by atoms with Crippen molar-refractivity contribution in [2.24, 2.45) is 0 Å². The first-order chi connectivity index (χ1) is 8.22. The lowest BCUT2D eigenvalue weighted by Crippen LogP contribution is -2.27. The van der Waals surface area contributed by atoms with Gasteiger partial charge in [-0.25, -0.2) is 0 Å². The molecule has 1 aromatic carbocycles. The third-order valence-corrected chi connectivity index (χ3v) is 3.23. The SMILES string of the molecule is CCOc1ccc([C@H]2CCCN2C(C)=O)cc1. The van der Waals surface area contributed by atoms with Gasteiger partial charge >= 0.3 is 0 Å². The smallest absolute Gasteiger partial charge is 0.219 e. The van der Waals surface area contributed by atoms with E-state index in [0.29, 0.717) is 6.61 Å². The van der Waals surface area contributed by atoms with E-state index in [1.807, 2.05) is 24.0 Å². The van der Waals surface area contributed by atoms with E-state index in [2.05, 4.69) is 12.1 Å². The van der Waals surface area contributed by atoms with Gasteiger partial charge in [0.1, 0.15) is 5.75 Å². The maximum Gasteiger partial charge on any atom is 0.219 e. The molecule has 0 aromatic heterocycles. The summed E-state index contributed by atoms with van der Waals surface area (Å²) in [4.78, 5) is 13.5. The van der Waals surface area contributed by atoms with Crippen molar-refractivity contribution in [2.45, 2.75) is 32.7 Å². The Kier molecular flexibility index (Phi) is 3.67. The molecular formula is C14H19NO2. The molecule has 1 atom stereocenters. The minimum Gasteiger partial charge on any atom is -0.494 e. The average molecular weight is 233 g/mol. The molecule has 0 N–H and O–H groups in total. The summed E-state index contributed by atoms with van der Waals surface area (Å²) in [5.74, 6) is 1.06. The number of benzene rings is 1. The van der Waals surface area contributed by atoms with Crippen molar-refractivity contribution < 1.29 is 9.53 Å². The second-order valence-corrected chi connectivity index (χ2v) is 4.37. The van der Waals surface area contributed by atoms with Crippen LogP contribution in [0, 0.1) is 0 Å². The zero-order chi connectivity index (χ0) is 12.3. The van der Waals surface area contributed by atoms with Crippen LogP contribution in [0.3, 0.4) is 0 Å². The Labute approximate surface area is 102 Å². The predicted octanol–water partition coefficient (Wildman–Crippen LogP) is 2.77. The van der Waals surface area contributed by atoms with Crippen LogP contribution in [0.1, 0.15) is 38.3 Å². The van der Waals surface area contributed by atoms with Crippen molar-refractivity contribution in [3.05, 3.63) is 29.8 Å². The Bertz CT molecular complexity index is 386. The maximum absolute atomic E-state index is 11.5. The summed E-state index contributed by atoms with van der Waals surface area (Å²) >= 11 is 0. The van der Waals surface area contributed by atoms with Crippen LogP contribution in [0.2, 0.25) is 0 Å². The number of nitrogens with zero attached hydrogens (tertiary/aromatic N) is 1. The van der Waals surface area contributed by atoms with Crippen molar-refractivity contribution in [3.63, 3.8) is 0 Å². The number of hydrogen-bond acceptors (Lipinski definition) is 2. The van der Waals surface area contributed by atoms with Crippen molar-refractivity contribution >= 4 is 5.91 Å². The number of amides is 1. The van der Waals surface area contributed by atoms with Gasteiger partial charge in [0, 0.05) is 13.5 Å². The Morgan fingerprint density at radius 2 is 2.12 bits per heavy atom. The van der Waals surface area contributed by atoms with Gasteiger partial charge in [-0.3, -0.25) is 4.79 Å². The number of ether oxygens (including phenoxy) is 1. The van der Waals surface area contributed by atoms with Gasteiger partial charge in [-0.15, -0.1) is 0 Å². The van der Waals surface area contributed by atoms with E-state index in [-0.39, 0.29) is 11.9 Å². The third-order valence-electron chi connectivity index (χ3n) is 3.23. The van der Waals surface area contributed by atoms with Crippen molar-refractivity contribution in [3.8, 4) is 5.75 Å². The number of carbonyl (C=O) groups is 1. The van der Waals surface area contributed by atoms with E-state index in [0.717, 1.165) is 25.1 Å². The van der Waals surface area contributed by atoms with Crippen LogP contribution in [0.5, 0.6) is 5.75 Å². The molecule has 0 bridgehead atoms. The van der Waals surface area contributed by atoms with E-state index in [1.165, 1.54) is 5.56 Å². The fraction of sp³-hybridized carbons (Fsp3) is 0.500. The molecule has 0 saturated carbocycles. The topological polar surface area (TPSA) is 29.5 Å². The summed E-state index contributed by atoms with van der Waals surface area (Å²) in [7, 11) is 0. The number of likely N-dealkylation sites (tertiary alicyclic amines) is 1. The average Bonchev–Trinajstić information content (AvgIpc) is 2.79. The van der Waals surface area contributed by atoms with Gasteiger partial charge in [0.05, 0.1) is 12.6 Å². The highest BCUT2D eigenvalue weighted by Crippen LogP contribution is 2.32. The second-order valence-electron chi connectivity index (χ2n) is 4.37. The van der Waals surface area contributed by atoms with Gasteiger partial charge in [0.2, 0.25) is 5.91 Å². The Hall–Kier alpha value is -1.51. The molecule has 0 radical (unpaired) electrons. The van der Waals surface area contributed by atoms with Crippen LogP contribution < -0.4 is 4.74 Å². The summed E-state index contributed by atoms with van der Waals surface area (Å²) in [6.45, 7) is 5.19. The molecule has 1 aliphatic heterocycles. The molecule has 0 aliphatic carbocycles. The Morgan fingerprint density at radius 1 is 1.41 bits per heavy atom. The number of hydrogen-bond donors (Lipinski definition) is 0. The largest absolute Gasteiger partial charge is 0.494 e. The minimum atomic E-state index is 0.168. The van der Waals surface area contributed by atoms with Gasteiger partial charge in [-0.05, 0) is 37.5 Å². The molecular weight excluding hydrogens is 214 g/mol. The fourth-order valence-corrected chi connectivity index (χ4v) is 2.44. The molecule has 1 aromatic rings. The molecule has 92 valence electrons. The molecule has 3 nitrogen and oxygen atoms in total. The lowest BCUT2D eigenvalue weighted by atomic mass is 10.0. The van der Waals surface area contributed by atoms with Crippen LogP contribution in [0.4, 0.5) is 0 Å². The number of carbonyl (C=O) groups excluding carboxylic acids is 1. The Balaban J connectivity index is 2.13. The molecule has 3 heteroatoms. The predicted molar refractivity (Wildman–Crippen MR) is 67.0 cm³/mol. The molecule has 17 heavy (non-hydrogen) atoms. The first-order valence-corrected chi connectivity index (χ1v) is 6.22. The lowest BCUT2D eigenvalue weighted by Gasteiger charge is -2.23. The van der Waals surface area contributed by atoms with E-state index in [1.54, 1.807) is 6.92 Å². The summed E-state index contributed by atoms with van der Waals surface area (Å²) in [6.07, 6.45) is 2.16. The minimum absolute atomic E-state index is 0.168. The molecule has 1 heterocycles. The van der Waals surface area contributed by atoms with Gasteiger partial charge < -0.3 is 9.64 Å². The monoisotopic (exact) mass is 233 g/mol. The normalized spacial score (nSPS) is 19.4. The van der Waals surface area contributed by atoms with Gasteiger partial charge in [-0.2, -0.15) is 0 Å². The summed E-state index contributed by atoms with van der Waals surface area (Å²) in [5, 5.41) is 0. The van der Waals surface area contributed by atoms with Gasteiger partial charge in [0.15, 0.2) is 0 Å². The van der Waals surface area contributed by atoms with E-state index in [4.69, 9.17) is 4.74 Å². The maximum atomic E-state index is 11.5. The van der Waals surface area contributed by atoms with E-state index >= 15 is 0 Å². The molecule has 1 saturated heterocycles. The molecule has 2 rings (SSSR count). The zero-order valence-electron chi connectivity index (χ0n) is 10.5. The van der Waals surface area contributed by atoms with Crippen molar-refractivity contribution in [2.75, 3.05) is 13.2 Å². The first kappa shape index (κ1) is 12.0. The van der Waals surface area contributed by atoms with E-state index in [9.17, 15) is 4.79 Å². The number of rotatable bonds is 3. The highest BCUT2D eigenvalue weighted by molar-refractivity contribution is 5.74. The zero-order valence-corrected chi connectivity index (χ0v) is 10.5. The molecule has 0 spiro atoms.